The molecule has 1 aromatic rings. The van der Waals surface area contributed by atoms with Gasteiger partial charge in [-0.3, -0.25) is 0 Å². The molecule has 0 aliphatic heterocycles. The Labute approximate surface area is 112 Å². The summed E-state index contributed by atoms with van der Waals surface area (Å²) in [6.45, 7) is 0. The highest BCUT2D eigenvalue weighted by molar-refractivity contribution is 9.09. The highest BCUT2D eigenvalue weighted by atomic mass is 79.9. The Hall–Kier alpha value is -0.960. The Kier molecular flexibility index (Phi) is 4.72. The van der Waals surface area contributed by atoms with Gasteiger partial charge in [0.2, 0.25) is 0 Å². The Morgan fingerprint density at radius 1 is 1.00 bits per heavy atom. The van der Waals surface area contributed by atoms with E-state index in [9.17, 15) is 26.3 Å². The summed E-state index contributed by atoms with van der Waals surface area (Å²) in [6, 6.07) is 3.71. The number of hydrogen-bond acceptors (Lipinski definition) is 2. The van der Waals surface area contributed by atoms with E-state index >= 15 is 0 Å². The highest BCUT2D eigenvalue weighted by Gasteiger charge is 2.43. The zero-order chi connectivity index (χ0) is 14.8. The lowest BCUT2D eigenvalue weighted by Gasteiger charge is -2.20. The fourth-order valence-electron chi connectivity index (χ4n) is 1.20. The molecule has 2 unspecified atom stereocenters. The number of hydrogen-bond donors (Lipinski definition) is 1. The molecule has 19 heavy (non-hydrogen) atoms. The summed E-state index contributed by atoms with van der Waals surface area (Å²) in [5, 5.41) is 8.98. The van der Waals surface area contributed by atoms with E-state index in [1.54, 1.807) is 0 Å². The molecule has 0 aromatic heterocycles. The van der Waals surface area contributed by atoms with Gasteiger partial charge in [0.25, 0.3) is 0 Å². The third-order valence-electron chi connectivity index (χ3n) is 2.04. The Morgan fingerprint density at radius 2 is 1.47 bits per heavy atom. The van der Waals surface area contributed by atoms with Crippen molar-refractivity contribution in [1.82, 2.24) is 0 Å². The molecule has 0 aliphatic carbocycles. The van der Waals surface area contributed by atoms with Crippen LogP contribution in [-0.2, 0) is 0 Å². The third kappa shape index (κ3) is 4.90. The predicted molar refractivity (Wildman–Crippen MR) is 56.9 cm³/mol. The summed E-state index contributed by atoms with van der Waals surface area (Å²) in [5.41, 5.74) is -0.0284. The first-order chi connectivity index (χ1) is 8.50. The molecule has 0 fully saturated rings. The lowest BCUT2D eigenvalue weighted by atomic mass is 10.1. The number of aliphatic hydroxyl groups is 1. The Bertz CT molecular complexity index is 414. The Morgan fingerprint density at radius 3 is 1.84 bits per heavy atom. The molecule has 0 spiro atoms. The first-order valence-electron chi connectivity index (χ1n) is 4.75. The van der Waals surface area contributed by atoms with Crippen LogP contribution in [0.4, 0.5) is 26.3 Å². The van der Waals surface area contributed by atoms with E-state index in [-0.39, 0.29) is 5.56 Å². The number of alkyl halides is 7. The summed E-state index contributed by atoms with van der Waals surface area (Å²) >= 11 is 2.64. The second-order valence-corrected chi connectivity index (χ2v) is 4.49. The standard InChI is InChI=1S/C10H7BrF6O2/c11-7(8(18)9(12,13)14)5-1-3-6(4-2-5)19-10(15,16)17/h1-4,7-8,18H. The van der Waals surface area contributed by atoms with Gasteiger partial charge in [0.1, 0.15) is 5.75 Å². The molecule has 1 rings (SSSR count). The maximum absolute atomic E-state index is 12.2. The van der Waals surface area contributed by atoms with Crippen molar-refractivity contribution in [2.45, 2.75) is 23.5 Å². The summed E-state index contributed by atoms with van der Waals surface area (Å²) in [5.74, 6) is -0.558. The highest BCUT2D eigenvalue weighted by Crippen LogP contribution is 2.36. The zero-order valence-corrected chi connectivity index (χ0v) is 10.6. The quantitative estimate of drug-likeness (QED) is 0.659. The maximum atomic E-state index is 12.2. The van der Waals surface area contributed by atoms with Crippen LogP contribution in [0, 0.1) is 0 Å². The van der Waals surface area contributed by atoms with E-state index in [0.29, 0.717) is 0 Å². The van der Waals surface area contributed by atoms with Gasteiger partial charge in [0, 0.05) is 0 Å². The molecular formula is C10H7BrF6O2. The van der Waals surface area contributed by atoms with E-state index in [0.717, 1.165) is 24.3 Å². The lowest BCUT2D eigenvalue weighted by molar-refractivity contribution is -0.274. The number of aliphatic hydroxyl groups excluding tert-OH is 1. The fourth-order valence-corrected chi connectivity index (χ4v) is 1.81. The van der Waals surface area contributed by atoms with Crippen molar-refractivity contribution < 1.29 is 36.2 Å². The lowest BCUT2D eigenvalue weighted by Crippen LogP contribution is -2.32. The van der Waals surface area contributed by atoms with Gasteiger partial charge in [-0.05, 0) is 17.7 Å². The molecule has 0 aliphatic rings. The van der Waals surface area contributed by atoms with E-state index in [2.05, 4.69) is 20.7 Å². The van der Waals surface area contributed by atoms with Crippen molar-refractivity contribution in [2.75, 3.05) is 0 Å². The monoisotopic (exact) mass is 352 g/mol. The predicted octanol–water partition coefficient (Wildman–Crippen LogP) is 3.94. The summed E-state index contributed by atoms with van der Waals surface area (Å²) in [7, 11) is 0. The van der Waals surface area contributed by atoms with Gasteiger partial charge in [-0.25, -0.2) is 0 Å². The fraction of sp³-hybridized carbons (Fsp3) is 0.400. The first kappa shape index (κ1) is 16.1. The van der Waals surface area contributed by atoms with Crippen LogP contribution in [0.5, 0.6) is 5.75 Å². The SMILES string of the molecule is OC(C(Br)c1ccc(OC(F)(F)F)cc1)C(F)(F)F. The molecule has 0 heterocycles. The smallest absolute Gasteiger partial charge is 0.406 e. The van der Waals surface area contributed by atoms with Crippen LogP contribution in [0.1, 0.15) is 10.4 Å². The minimum absolute atomic E-state index is 0.0284. The molecule has 0 saturated carbocycles. The second-order valence-electron chi connectivity index (χ2n) is 3.51. The summed E-state index contributed by atoms with van der Waals surface area (Å²) in [4.78, 5) is -1.48. The van der Waals surface area contributed by atoms with Crippen molar-refractivity contribution in [3.63, 3.8) is 0 Å². The van der Waals surface area contributed by atoms with E-state index in [4.69, 9.17) is 5.11 Å². The van der Waals surface area contributed by atoms with Gasteiger partial charge in [-0.2, -0.15) is 13.2 Å². The number of halogens is 7. The first-order valence-corrected chi connectivity index (χ1v) is 5.67. The molecule has 1 N–H and O–H groups in total. The van der Waals surface area contributed by atoms with Gasteiger partial charge in [0.05, 0.1) is 4.83 Å². The molecule has 9 heteroatoms. The van der Waals surface area contributed by atoms with Crippen molar-refractivity contribution in [3.05, 3.63) is 29.8 Å². The van der Waals surface area contributed by atoms with Gasteiger partial charge in [-0.1, -0.05) is 28.1 Å². The van der Waals surface area contributed by atoms with Gasteiger partial charge in [-0.15, -0.1) is 13.2 Å². The van der Waals surface area contributed by atoms with Crippen molar-refractivity contribution >= 4 is 15.9 Å². The zero-order valence-electron chi connectivity index (χ0n) is 8.97. The minimum atomic E-state index is -4.87. The van der Waals surface area contributed by atoms with Gasteiger partial charge < -0.3 is 9.84 Å². The van der Waals surface area contributed by atoms with Gasteiger partial charge >= 0.3 is 12.5 Å². The van der Waals surface area contributed by atoms with Crippen LogP contribution in [0.3, 0.4) is 0 Å². The largest absolute Gasteiger partial charge is 0.573 e. The normalized spacial score (nSPS) is 16.0. The summed E-state index contributed by atoms with van der Waals surface area (Å²) < 4.78 is 75.9. The minimum Gasteiger partial charge on any atom is -0.406 e. The summed E-state index contributed by atoms with van der Waals surface area (Å²) in [6.07, 6.45) is -12.4. The Balaban J connectivity index is 2.82. The van der Waals surface area contributed by atoms with Crippen LogP contribution >= 0.6 is 15.9 Å². The molecule has 2 atom stereocenters. The van der Waals surface area contributed by atoms with Crippen molar-refractivity contribution in [1.29, 1.82) is 0 Å². The topological polar surface area (TPSA) is 29.5 Å². The average Bonchev–Trinajstić information content (AvgIpc) is 2.24. The molecule has 0 saturated heterocycles. The molecule has 2 nitrogen and oxygen atoms in total. The van der Waals surface area contributed by atoms with Crippen LogP contribution in [-0.4, -0.2) is 23.7 Å². The molecule has 0 radical (unpaired) electrons. The van der Waals surface area contributed by atoms with E-state index < -0.39 is 29.2 Å². The number of benzene rings is 1. The van der Waals surface area contributed by atoms with Gasteiger partial charge in [0.15, 0.2) is 6.10 Å². The van der Waals surface area contributed by atoms with Crippen molar-refractivity contribution in [3.8, 4) is 5.75 Å². The second kappa shape index (κ2) is 5.58. The van der Waals surface area contributed by atoms with E-state index in [1.807, 2.05) is 0 Å². The average molecular weight is 353 g/mol. The van der Waals surface area contributed by atoms with Crippen molar-refractivity contribution in [2.24, 2.45) is 0 Å². The maximum Gasteiger partial charge on any atom is 0.573 e. The van der Waals surface area contributed by atoms with Crippen LogP contribution < -0.4 is 4.74 Å². The van der Waals surface area contributed by atoms with Crippen LogP contribution in [0.25, 0.3) is 0 Å². The number of ether oxygens (including phenoxy) is 1. The molecule has 108 valence electrons. The number of rotatable bonds is 3. The molecule has 0 bridgehead atoms. The molecule has 0 amide bonds. The molecular weight excluding hydrogens is 346 g/mol. The van der Waals surface area contributed by atoms with Crippen LogP contribution in [0.2, 0.25) is 0 Å². The third-order valence-corrected chi connectivity index (χ3v) is 3.07. The van der Waals surface area contributed by atoms with E-state index in [1.165, 1.54) is 0 Å². The van der Waals surface area contributed by atoms with Crippen LogP contribution in [0.15, 0.2) is 24.3 Å². The molecule has 1 aromatic carbocycles.